The van der Waals surface area contributed by atoms with Gasteiger partial charge in [0.15, 0.2) is 9.84 Å². The van der Waals surface area contributed by atoms with Crippen LogP contribution in [0.2, 0.25) is 0 Å². The SMILES string of the molecule is Cc1cc(C#N)ccc1Oc1ccc(S(C)(=O)=O)cc1[N+](=O)[O-]. The maximum absolute atomic E-state index is 11.5. The van der Waals surface area contributed by atoms with Crippen LogP contribution in [0, 0.1) is 28.4 Å². The molecule has 0 saturated heterocycles. The van der Waals surface area contributed by atoms with Crippen LogP contribution >= 0.6 is 0 Å². The molecule has 0 aliphatic carbocycles. The van der Waals surface area contributed by atoms with E-state index in [2.05, 4.69) is 0 Å². The Balaban J connectivity index is 2.48. The molecule has 0 saturated carbocycles. The number of nitriles is 1. The standard InChI is InChI=1S/C15H12N2O5S/c1-10-7-11(9-16)3-5-14(10)22-15-6-4-12(23(2,20)21)8-13(15)17(18)19/h3-8H,1-2H3. The third-order valence-corrected chi connectivity index (χ3v) is 4.19. The summed E-state index contributed by atoms with van der Waals surface area (Å²) in [6.07, 6.45) is 0.970. The third kappa shape index (κ3) is 3.64. The van der Waals surface area contributed by atoms with Gasteiger partial charge in [0.25, 0.3) is 0 Å². The fraction of sp³-hybridized carbons (Fsp3) is 0.133. The summed E-state index contributed by atoms with van der Waals surface area (Å²) < 4.78 is 28.5. The van der Waals surface area contributed by atoms with E-state index in [0.717, 1.165) is 12.3 Å². The number of sulfone groups is 1. The van der Waals surface area contributed by atoms with Crippen molar-refractivity contribution in [2.24, 2.45) is 0 Å². The number of nitro benzene ring substituents is 1. The first-order valence-corrected chi connectivity index (χ1v) is 8.28. The molecule has 0 N–H and O–H groups in total. The van der Waals surface area contributed by atoms with Gasteiger partial charge in [0.1, 0.15) is 5.75 Å². The monoisotopic (exact) mass is 332 g/mol. The summed E-state index contributed by atoms with van der Waals surface area (Å²) >= 11 is 0. The second-order valence-corrected chi connectivity index (χ2v) is 6.87. The van der Waals surface area contributed by atoms with E-state index in [4.69, 9.17) is 10.00 Å². The number of nitrogens with zero attached hydrogens (tertiary/aromatic N) is 2. The van der Waals surface area contributed by atoms with Gasteiger partial charge in [-0.1, -0.05) is 0 Å². The molecule has 2 aromatic carbocycles. The average Bonchev–Trinajstić information content (AvgIpc) is 2.48. The van der Waals surface area contributed by atoms with Gasteiger partial charge in [-0.3, -0.25) is 10.1 Å². The van der Waals surface area contributed by atoms with Crippen LogP contribution in [0.15, 0.2) is 41.3 Å². The Kier molecular flexibility index (Phi) is 4.33. The van der Waals surface area contributed by atoms with Crippen LogP contribution in [0.3, 0.4) is 0 Å². The molecule has 0 radical (unpaired) electrons. The van der Waals surface area contributed by atoms with Crippen LogP contribution < -0.4 is 4.74 Å². The first kappa shape index (κ1) is 16.5. The molecule has 23 heavy (non-hydrogen) atoms. The third-order valence-electron chi connectivity index (χ3n) is 3.08. The number of nitro groups is 1. The Hall–Kier alpha value is -2.92. The molecule has 0 amide bonds. The zero-order chi connectivity index (χ0) is 17.2. The molecule has 0 heterocycles. The van der Waals surface area contributed by atoms with Crippen molar-refractivity contribution in [2.45, 2.75) is 11.8 Å². The van der Waals surface area contributed by atoms with Crippen LogP contribution in [0.5, 0.6) is 11.5 Å². The number of ether oxygens (including phenoxy) is 1. The highest BCUT2D eigenvalue weighted by Gasteiger charge is 2.20. The van der Waals surface area contributed by atoms with Gasteiger partial charge in [0.05, 0.1) is 21.5 Å². The lowest BCUT2D eigenvalue weighted by molar-refractivity contribution is -0.385. The Labute approximate surface area is 132 Å². The molecule has 2 aromatic rings. The normalized spacial score (nSPS) is 10.8. The maximum atomic E-state index is 11.5. The van der Waals surface area contributed by atoms with Crippen LogP contribution in [0.25, 0.3) is 0 Å². The van der Waals surface area contributed by atoms with Gasteiger partial charge in [-0.05, 0) is 42.8 Å². The second-order valence-electron chi connectivity index (χ2n) is 4.85. The predicted octanol–water partition coefficient (Wildman–Crippen LogP) is 2.97. The quantitative estimate of drug-likeness (QED) is 0.628. The fourth-order valence-corrected chi connectivity index (χ4v) is 2.55. The molecule has 0 unspecified atom stereocenters. The molecule has 0 aromatic heterocycles. The van der Waals surface area contributed by atoms with Gasteiger partial charge >= 0.3 is 5.69 Å². The summed E-state index contributed by atoms with van der Waals surface area (Å²) in [6.45, 7) is 1.70. The summed E-state index contributed by atoms with van der Waals surface area (Å²) in [4.78, 5) is 10.3. The van der Waals surface area contributed by atoms with Crippen molar-refractivity contribution in [3.63, 3.8) is 0 Å². The topological polar surface area (TPSA) is 110 Å². The van der Waals surface area contributed by atoms with Crippen molar-refractivity contribution in [2.75, 3.05) is 6.26 Å². The van der Waals surface area contributed by atoms with Crippen molar-refractivity contribution in [3.8, 4) is 17.6 Å². The van der Waals surface area contributed by atoms with E-state index in [1.54, 1.807) is 13.0 Å². The predicted molar refractivity (Wildman–Crippen MR) is 82.2 cm³/mol. The highest BCUT2D eigenvalue weighted by atomic mass is 32.2. The van der Waals surface area contributed by atoms with E-state index in [1.807, 2.05) is 6.07 Å². The molecule has 7 nitrogen and oxygen atoms in total. The van der Waals surface area contributed by atoms with Gasteiger partial charge in [0.2, 0.25) is 5.75 Å². The Morgan fingerprint density at radius 1 is 1.17 bits per heavy atom. The summed E-state index contributed by atoms with van der Waals surface area (Å²) in [5, 5.41) is 20.0. The minimum absolute atomic E-state index is 0.0739. The number of aryl methyl sites for hydroxylation is 1. The van der Waals surface area contributed by atoms with Gasteiger partial charge in [-0.25, -0.2) is 8.42 Å². The van der Waals surface area contributed by atoms with E-state index in [1.165, 1.54) is 24.3 Å². The van der Waals surface area contributed by atoms with E-state index >= 15 is 0 Å². The molecule has 0 aliphatic rings. The number of hydrogen-bond acceptors (Lipinski definition) is 6. The first-order valence-electron chi connectivity index (χ1n) is 6.39. The summed E-state index contributed by atoms with van der Waals surface area (Å²) in [6, 6.07) is 10.1. The van der Waals surface area contributed by atoms with Crippen molar-refractivity contribution in [3.05, 3.63) is 57.6 Å². The Bertz CT molecular complexity index is 929. The Morgan fingerprint density at radius 2 is 1.83 bits per heavy atom. The van der Waals surface area contributed by atoms with Crippen LogP contribution in [0.4, 0.5) is 5.69 Å². The Morgan fingerprint density at radius 3 is 2.35 bits per heavy atom. The van der Waals surface area contributed by atoms with Gasteiger partial charge < -0.3 is 4.74 Å². The van der Waals surface area contributed by atoms with Gasteiger partial charge in [-0.2, -0.15) is 5.26 Å². The second kappa shape index (κ2) is 6.06. The smallest absolute Gasteiger partial charge is 0.312 e. The lowest BCUT2D eigenvalue weighted by Crippen LogP contribution is -2.00. The lowest BCUT2D eigenvalue weighted by atomic mass is 10.1. The molecule has 2 rings (SSSR count). The van der Waals surface area contributed by atoms with Crippen molar-refractivity contribution in [1.82, 2.24) is 0 Å². The minimum atomic E-state index is -3.56. The van der Waals surface area contributed by atoms with Crippen LogP contribution in [0.1, 0.15) is 11.1 Å². The molecule has 0 bridgehead atoms. The maximum Gasteiger partial charge on any atom is 0.312 e. The largest absolute Gasteiger partial charge is 0.450 e. The van der Waals surface area contributed by atoms with E-state index < -0.39 is 20.4 Å². The minimum Gasteiger partial charge on any atom is -0.450 e. The van der Waals surface area contributed by atoms with Gasteiger partial charge in [0, 0.05) is 12.3 Å². The average molecular weight is 332 g/mol. The zero-order valence-electron chi connectivity index (χ0n) is 12.3. The van der Waals surface area contributed by atoms with Crippen molar-refractivity contribution < 1.29 is 18.1 Å². The summed E-state index contributed by atoms with van der Waals surface area (Å²) in [7, 11) is -3.56. The first-order chi connectivity index (χ1) is 10.7. The molecule has 118 valence electrons. The summed E-state index contributed by atoms with van der Waals surface area (Å²) in [5.74, 6) is 0.273. The zero-order valence-corrected chi connectivity index (χ0v) is 13.1. The lowest BCUT2D eigenvalue weighted by Gasteiger charge is -2.10. The van der Waals surface area contributed by atoms with Crippen molar-refractivity contribution >= 4 is 15.5 Å². The van der Waals surface area contributed by atoms with Crippen LogP contribution in [-0.2, 0) is 9.84 Å². The molecule has 8 heteroatoms. The molecule has 0 atom stereocenters. The molecular weight excluding hydrogens is 320 g/mol. The van der Waals surface area contributed by atoms with Crippen LogP contribution in [-0.4, -0.2) is 19.6 Å². The van der Waals surface area contributed by atoms with Gasteiger partial charge in [-0.15, -0.1) is 0 Å². The molecular formula is C15H12N2O5S. The number of hydrogen-bond donors (Lipinski definition) is 0. The molecule has 0 fully saturated rings. The van der Waals surface area contributed by atoms with E-state index in [9.17, 15) is 18.5 Å². The van der Waals surface area contributed by atoms with E-state index in [0.29, 0.717) is 16.9 Å². The summed E-state index contributed by atoms with van der Waals surface area (Å²) in [5.41, 5.74) is 0.624. The van der Waals surface area contributed by atoms with Crippen molar-refractivity contribution in [1.29, 1.82) is 5.26 Å². The number of benzene rings is 2. The van der Waals surface area contributed by atoms with E-state index in [-0.39, 0.29) is 10.6 Å². The number of rotatable bonds is 4. The molecule has 0 spiro atoms. The fourth-order valence-electron chi connectivity index (χ4n) is 1.91. The highest BCUT2D eigenvalue weighted by Crippen LogP contribution is 2.34. The highest BCUT2D eigenvalue weighted by molar-refractivity contribution is 7.90. The molecule has 0 aliphatic heterocycles.